The molecule has 2 aliphatic rings. The van der Waals surface area contributed by atoms with E-state index < -0.39 is 11.2 Å². The molecular formula is C20H25N5OS. The van der Waals surface area contributed by atoms with Gasteiger partial charge in [0.2, 0.25) is 0 Å². The Balaban J connectivity index is 1.47. The molecule has 0 bridgehead atoms. The maximum atomic E-state index is 11.2. The second-order valence-electron chi connectivity index (χ2n) is 7.82. The summed E-state index contributed by atoms with van der Waals surface area (Å²) in [6, 6.07) is 6.51. The molecule has 0 saturated carbocycles. The fraction of sp³-hybridized carbons (Fsp3) is 0.550. The van der Waals surface area contributed by atoms with Gasteiger partial charge in [-0.1, -0.05) is 18.1 Å². The van der Waals surface area contributed by atoms with Gasteiger partial charge in [-0.15, -0.1) is 0 Å². The molecule has 4 rings (SSSR count). The average molecular weight is 384 g/mol. The van der Waals surface area contributed by atoms with Crippen molar-refractivity contribution in [3.8, 4) is 6.07 Å². The Morgan fingerprint density at radius 1 is 1.26 bits per heavy atom. The number of hydrogen-bond donors (Lipinski definition) is 1. The van der Waals surface area contributed by atoms with E-state index in [1.54, 1.807) is 12.4 Å². The van der Waals surface area contributed by atoms with Crippen LogP contribution in [-0.4, -0.2) is 51.7 Å². The minimum Gasteiger partial charge on any atom is -0.616 e. The van der Waals surface area contributed by atoms with Crippen LogP contribution in [0.1, 0.15) is 25.3 Å². The van der Waals surface area contributed by atoms with Crippen LogP contribution in [0.2, 0.25) is 0 Å². The van der Waals surface area contributed by atoms with Crippen LogP contribution in [0.4, 0.5) is 5.69 Å². The molecule has 3 heterocycles. The van der Waals surface area contributed by atoms with E-state index in [9.17, 15) is 9.81 Å². The van der Waals surface area contributed by atoms with Gasteiger partial charge in [-0.05, 0) is 37.4 Å². The Kier molecular flexibility index (Phi) is 5.48. The second kappa shape index (κ2) is 8.01. The monoisotopic (exact) mass is 383 g/mol. The van der Waals surface area contributed by atoms with Crippen molar-refractivity contribution in [2.24, 2.45) is 11.8 Å². The molecule has 27 heavy (non-hydrogen) atoms. The van der Waals surface area contributed by atoms with Crippen molar-refractivity contribution in [3.05, 3.63) is 30.1 Å². The van der Waals surface area contributed by atoms with E-state index in [0.717, 1.165) is 55.2 Å². The summed E-state index contributed by atoms with van der Waals surface area (Å²) in [6.07, 6.45) is 5.61. The van der Waals surface area contributed by atoms with E-state index >= 15 is 0 Å². The molecule has 1 aromatic heterocycles. The molecule has 2 aliphatic heterocycles. The lowest BCUT2D eigenvalue weighted by molar-refractivity contribution is 0.342. The Bertz CT molecular complexity index is 848. The van der Waals surface area contributed by atoms with Gasteiger partial charge in [-0.2, -0.15) is 5.26 Å². The fourth-order valence-corrected chi connectivity index (χ4v) is 5.51. The van der Waals surface area contributed by atoms with Gasteiger partial charge in [-0.3, -0.25) is 9.97 Å². The molecule has 7 heteroatoms. The Hall–Kier alpha value is -1.88. The standard InChI is InChI=1S/C20H25N5OS/c1-14-8-17(22-5-4-15-12-27(26)13-15)11-25(10-14)18-3-2-16(9-21)19-20(18)24-7-6-23-19/h2-3,6-7,14-15,17,22H,4-5,8,10-13H2,1H3/t14-,15?,17+,27?/m0/s1. The number of anilines is 1. The summed E-state index contributed by atoms with van der Waals surface area (Å²) in [5.74, 6) is 2.97. The van der Waals surface area contributed by atoms with Crippen LogP contribution in [0.3, 0.4) is 0 Å². The zero-order valence-electron chi connectivity index (χ0n) is 15.6. The van der Waals surface area contributed by atoms with Gasteiger partial charge < -0.3 is 14.8 Å². The summed E-state index contributed by atoms with van der Waals surface area (Å²) in [5, 5.41) is 13.1. The molecule has 2 saturated heterocycles. The van der Waals surface area contributed by atoms with E-state index in [0.29, 0.717) is 29.0 Å². The van der Waals surface area contributed by atoms with E-state index in [-0.39, 0.29) is 0 Å². The third-order valence-corrected chi connectivity index (χ3v) is 7.24. The van der Waals surface area contributed by atoms with Crippen molar-refractivity contribution in [1.82, 2.24) is 15.3 Å². The van der Waals surface area contributed by atoms with Gasteiger partial charge in [-0.25, -0.2) is 0 Å². The van der Waals surface area contributed by atoms with Crippen LogP contribution < -0.4 is 10.2 Å². The first-order valence-corrected chi connectivity index (χ1v) is 11.1. The number of piperidine rings is 1. The van der Waals surface area contributed by atoms with Crippen molar-refractivity contribution in [1.29, 1.82) is 5.26 Å². The van der Waals surface area contributed by atoms with Crippen molar-refractivity contribution in [2.45, 2.75) is 25.8 Å². The molecule has 1 aromatic carbocycles. The topological polar surface area (TPSA) is 87.9 Å². The van der Waals surface area contributed by atoms with E-state index in [4.69, 9.17) is 0 Å². The summed E-state index contributed by atoms with van der Waals surface area (Å²) < 4.78 is 11.2. The van der Waals surface area contributed by atoms with Crippen molar-refractivity contribution in [3.63, 3.8) is 0 Å². The molecule has 2 aromatic rings. The Labute approximate surface area is 163 Å². The average Bonchev–Trinajstić information content (AvgIpc) is 2.65. The highest BCUT2D eigenvalue weighted by Crippen LogP contribution is 2.30. The van der Waals surface area contributed by atoms with E-state index in [1.807, 2.05) is 12.1 Å². The summed E-state index contributed by atoms with van der Waals surface area (Å²) in [7, 11) is 0. The van der Waals surface area contributed by atoms with Crippen molar-refractivity contribution in [2.75, 3.05) is 36.0 Å². The lowest BCUT2D eigenvalue weighted by atomic mass is 9.94. The maximum absolute atomic E-state index is 11.2. The molecule has 0 spiro atoms. The lowest BCUT2D eigenvalue weighted by Gasteiger charge is -2.39. The third kappa shape index (κ3) is 4.03. The van der Waals surface area contributed by atoms with Gasteiger partial charge in [0.15, 0.2) is 0 Å². The lowest BCUT2D eigenvalue weighted by Crippen LogP contribution is -2.49. The molecule has 0 amide bonds. The second-order valence-corrected chi connectivity index (χ2v) is 9.37. The zero-order chi connectivity index (χ0) is 18.8. The van der Waals surface area contributed by atoms with Gasteiger partial charge in [0, 0.05) is 37.4 Å². The van der Waals surface area contributed by atoms with E-state index in [1.165, 1.54) is 0 Å². The molecule has 142 valence electrons. The van der Waals surface area contributed by atoms with Crippen LogP contribution in [0.25, 0.3) is 11.0 Å². The molecule has 0 unspecified atom stereocenters. The highest BCUT2D eigenvalue weighted by molar-refractivity contribution is 7.92. The van der Waals surface area contributed by atoms with Gasteiger partial charge in [0.25, 0.3) is 0 Å². The number of benzene rings is 1. The van der Waals surface area contributed by atoms with Gasteiger partial charge in [0.05, 0.1) is 11.3 Å². The molecule has 2 fully saturated rings. The molecular weight excluding hydrogens is 358 g/mol. The molecule has 0 aliphatic carbocycles. The van der Waals surface area contributed by atoms with Gasteiger partial charge >= 0.3 is 0 Å². The summed E-state index contributed by atoms with van der Waals surface area (Å²) in [5.41, 5.74) is 3.11. The normalized spacial score (nSPS) is 28.0. The summed E-state index contributed by atoms with van der Waals surface area (Å²) >= 11 is -0.555. The number of fused-ring (bicyclic) bond motifs is 1. The SMILES string of the molecule is C[C@H]1C[C@@H](NCCC2C[S+]([O-])C2)CN(c2ccc(C#N)c3nccnc23)C1. The van der Waals surface area contributed by atoms with Crippen LogP contribution in [0.5, 0.6) is 0 Å². The van der Waals surface area contributed by atoms with Gasteiger partial charge in [0.1, 0.15) is 28.6 Å². The van der Waals surface area contributed by atoms with Crippen LogP contribution in [0, 0.1) is 23.2 Å². The maximum Gasteiger partial charge on any atom is 0.113 e. The molecule has 6 nitrogen and oxygen atoms in total. The zero-order valence-corrected chi connectivity index (χ0v) is 16.4. The summed E-state index contributed by atoms with van der Waals surface area (Å²) in [4.78, 5) is 11.3. The predicted octanol–water partition coefficient (Wildman–Crippen LogP) is 2.07. The number of aromatic nitrogens is 2. The molecule has 1 N–H and O–H groups in total. The van der Waals surface area contributed by atoms with Crippen molar-refractivity contribution >= 4 is 27.9 Å². The predicted molar refractivity (Wildman–Crippen MR) is 108 cm³/mol. The van der Waals surface area contributed by atoms with Crippen LogP contribution in [0.15, 0.2) is 24.5 Å². The first-order valence-electron chi connectivity index (χ1n) is 9.61. The fourth-order valence-electron chi connectivity index (χ4n) is 4.22. The van der Waals surface area contributed by atoms with Crippen LogP contribution in [-0.2, 0) is 11.2 Å². The van der Waals surface area contributed by atoms with E-state index in [2.05, 4.69) is 33.2 Å². The quantitative estimate of drug-likeness (QED) is 0.796. The smallest absolute Gasteiger partial charge is 0.113 e. The highest BCUT2D eigenvalue weighted by atomic mass is 32.2. The number of rotatable bonds is 5. The molecule has 0 radical (unpaired) electrons. The van der Waals surface area contributed by atoms with Crippen molar-refractivity contribution < 1.29 is 4.55 Å². The first kappa shape index (κ1) is 18.5. The number of nitrogens with zero attached hydrogens (tertiary/aromatic N) is 4. The number of nitriles is 1. The highest BCUT2D eigenvalue weighted by Gasteiger charge is 2.32. The number of hydrogen-bond acceptors (Lipinski definition) is 6. The largest absolute Gasteiger partial charge is 0.616 e. The third-order valence-electron chi connectivity index (χ3n) is 5.55. The molecule has 2 atom stereocenters. The Morgan fingerprint density at radius 2 is 2.04 bits per heavy atom. The first-order chi connectivity index (χ1) is 13.1. The minimum absolute atomic E-state index is 0.432. The van der Waals surface area contributed by atoms with Crippen LogP contribution >= 0.6 is 0 Å². The summed E-state index contributed by atoms with van der Waals surface area (Å²) in [6.45, 7) is 5.18. The number of nitrogens with one attached hydrogen (secondary N) is 1. The Morgan fingerprint density at radius 3 is 2.78 bits per heavy atom. The minimum atomic E-state index is -0.555.